The zero-order valence-electron chi connectivity index (χ0n) is 11.4. The third kappa shape index (κ3) is 2.43. The summed E-state index contributed by atoms with van der Waals surface area (Å²) in [6, 6.07) is 1.91. The quantitative estimate of drug-likeness (QED) is 0.865. The minimum absolute atomic E-state index is 0.0363. The van der Waals surface area contributed by atoms with Gasteiger partial charge in [0, 0.05) is 5.56 Å². The fraction of sp³-hybridized carbons (Fsp3) is 0.643. The number of carbonyl (C=O) groups excluding carboxylic acids is 1. The summed E-state index contributed by atoms with van der Waals surface area (Å²) >= 11 is 0. The molecule has 1 aliphatic carbocycles. The average molecular weight is 250 g/mol. The van der Waals surface area contributed by atoms with Crippen LogP contribution in [0.3, 0.4) is 0 Å². The summed E-state index contributed by atoms with van der Waals surface area (Å²) in [7, 11) is 0. The first-order chi connectivity index (χ1) is 8.42. The third-order valence-corrected chi connectivity index (χ3v) is 3.84. The van der Waals surface area contributed by atoms with E-state index in [4.69, 9.17) is 10.2 Å². The van der Waals surface area contributed by atoms with Gasteiger partial charge in [-0.2, -0.15) is 0 Å². The van der Waals surface area contributed by atoms with Crippen LogP contribution >= 0.6 is 0 Å². The van der Waals surface area contributed by atoms with Crippen LogP contribution in [0, 0.1) is 13.8 Å². The van der Waals surface area contributed by atoms with E-state index in [0.717, 1.165) is 42.8 Å². The zero-order chi connectivity index (χ0) is 13.3. The van der Waals surface area contributed by atoms with Crippen molar-refractivity contribution in [2.24, 2.45) is 5.73 Å². The van der Waals surface area contributed by atoms with Gasteiger partial charge >= 0.3 is 0 Å². The molecule has 2 rings (SSSR count). The predicted octanol–water partition coefficient (Wildman–Crippen LogP) is 2.35. The molecule has 1 heterocycles. The Hall–Kier alpha value is -1.29. The topological polar surface area (TPSA) is 68.3 Å². The summed E-state index contributed by atoms with van der Waals surface area (Å²) in [4.78, 5) is 12.2. The van der Waals surface area contributed by atoms with Crippen molar-refractivity contribution >= 4 is 5.91 Å². The van der Waals surface area contributed by atoms with Crippen LogP contribution in [0.1, 0.15) is 55.7 Å². The largest absolute Gasteiger partial charge is 0.466 e. The molecule has 1 atom stereocenters. The van der Waals surface area contributed by atoms with Crippen molar-refractivity contribution in [1.82, 2.24) is 5.32 Å². The number of furan rings is 1. The zero-order valence-corrected chi connectivity index (χ0v) is 11.4. The lowest BCUT2D eigenvalue weighted by Crippen LogP contribution is -2.52. The lowest BCUT2D eigenvalue weighted by atomic mass is 9.97. The van der Waals surface area contributed by atoms with Crippen LogP contribution < -0.4 is 11.1 Å². The summed E-state index contributed by atoms with van der Waals surface area (Å²) < 4.78 is 5.49. The summed E-state index contributed by atoms with van der Waals surface area (Å²) in [5.41, 5.74) is 6.50. The molecular weight excluding hydrogens is 228 g/mol. The van der Waals surface area contributed by atoms with Gasteiger partial charge in [-0.05, 0) is 39.7 Å². The monoisotopic (exact) mass is 250 g/mol. The van der Waals surface area contributed by atoms with Crippen molar-refractivity contribution in [2.45, 2.75) is 58.0 Å². The van der Waals surface area contributed by atoms with E-state index in [2.05, 4.69) is 5.32 Å². The fourth-order valence-corrected chi connectivity index (χ4v) is 2.73. The van der Waals surface area contributed by atoms with E-state index in [1.165, 1.54) is 0 Å². The minimum atomic E-state index is -0.666. The highest BCUT2D eigenvalue weighted by molar-refractivity contribution is 5.86. The first-order valence-electron chi connectivity index (χ1n) is 6.59. The summed E-state index contributed by atoms with van der Waals surface area (Å²) in [6.45, 7) is 5.79. The van der Waals surface area contributed by atoms with Crippen molar-refractivity contribution in [3.63, 3.8) is 0 Å². The molecule has 1 saturated carbocycles. The maximum absolute atomic E-state index is 12.2. The second kappa shape index (κ2) is 4.76. The molecular formula is C14H22N2O2. The SMILES string of the molecule is Cc1cc(C(C)NC(=O)C2(N)CCCC2)c(C)o1. The van der Waals surface area contributed by atoms with E-state index >= 15 is 0 Å². The Morgan fingerprint density at radius 3 is 2.56 bits per heavy atom. The highest BCUT2D eigenvalue weighted by Gasteiger charge is 2.37. The molecule has 1 amide bonds. The van der Waals surface area contributed by atoms with Crippen molar-refractivity contribution in [3.05, 3.63) is 23.2 Å². The van der Waals surface area contributed by atoms with E-state index in [1.807, 2.05) is 26.8 Å². The predicted molar refractivity (Wildman–Crippen MR) is 70.1 cm³/mol. The molecule has 3 N–H and O–H groups in total. The first-order valence-corrected chi connectivity index (χ1v) is 6.59. The molecule has 4 nitrogen and oxygen atoms in total. The third-order valence-electron chi connectivity index (χ3n) is 3.84. The molecule has 1 aliphatic rings. The smallest absolute Gasteiger partial charge is 0.240 e. The standard InChI is InChI=1S/C14H22N2O2/c1-9-8-12(11(3)18-9)10(2)16-13(17)14(15)6-4-5-7-14/h8,10H,4-7,15H2,1-3H3,(H,16,17). The highest BCUT2D eigenvalue weighted by atomic mass is 16.3. The normalized spacial score (nSPS) is 19.8. The molecule has 4 heteroatoms. The second-order valence-electron chi connectivity index (χ2n) is 5.43. The maximum atomic E-state index is 12.2. The first kappa shape index (κ1) is 13.1. The van der Waals surface area contributed by atoms with Crippen LogP contribution in [0.5, 0.6) is 0 Å². The summed E-state index contributed by atoms with van der Waals surface area (Å²) in [5, 5.41) is 3.01. The Balaban J connectivity index is 2.05. The number of hydrogen-bond donors (Lipinski definition) is 2. The van der Waals surface area contributed by atoms with Crippen LogP contribution in [-0.2, 0) is 4.79 Å². The maximum Gasteiger partial charge on any atom is 0.240 e. The molecule has 0 saturated heterocycles. The number of amides is 1. The molecule has 0 bridgehead atoms. The second-order valence-corrected chi connectivity index (χ2v) is 5.43. The summed E-state index contributed by atoms with van der Waals surface area (Å²) in [6.07, 6.45) is 3.66. The van der Waals surface area contributed by atoms with Gasteiger partial charge < -0.3 is 15.5 Å². The van der Waals surface area contributed by atoms with Gasteiger partial charge in [0.05, 0.1) is 11.6 Å². The molecule has 0 radical (unpaired) electrons. The highest BCUT2D eigenvalue weighted by Crippen LogP contribution is 2.28. The van der Waals surface area contributed by atoms with Crippen molar-refractivity contribution in [3.8, 4) is 0 Å². The Bertz CT molecular complexity index is 445. The molecule has 1 fully saturated rings. The van der Waals surface area contributed by atoms with Crippen LogP contribution in [0.25, 0.3) is 0 Å². The Kier molecular flexibility index (Phi) is 3.48. The molecule has 1 aromatic rings. The number of carbonyl (C=O) groups is 1. The minimum Gasteiger partial charge on any atom is -0.466 e. The Labute approximate surface area is 108 Å². The molecule has 18 heavy (non-hydrogen) atoms. The Morgan fingerprint density at radius 1 is 1.44 bits per heavy atom. The van der Waals surface area contributed by atoms with E-state index in [0.29, 0.717) is 0 Å². The number of hydrogen-bond acceptors (Lipinski definition) is 3. The van der Waals surface area contributed by atoms with Crippen LogP contribution in [0.2, 0.25) is 0 Å². The van der Waals surface area contributed by atoms with Crippen LogP contribution in [0.15, 0.2) is 10.5 Å². The van der Waals surface area contributed by atoms with Gasteiger partial charge in [0.25, 0.3) is 0 Å². The Morgan fingerprint density at radius 2 is 2.06 bits per heavy atom. The number of rotatable bonds is 3. The van der Waals surface area contributed by atoms with Crippen molar-refractivity contribution < 1.29 is 9.21 Å². The van der Waals surface area contributed by atoms with Crippen molar-refractivity contribution in [1.29, 1.82) is 0 Å². The van der Waals surface area contributed by atoms with Gasteiger partial charge in [0.15, 0.2) is 0 Å². The number of nitrogens with one attached hydrogen (secondary N) is 1. The van der Waals surface area contributed by atoms with Crippen LogP contribution in [-0.4, -0.2) is 11.4 Å². The fourth-order valence-electron chi connectivity index (χ4n) is 2.73. The van der Waals surface area contributed by atoms with E-state index in [-0.39, 0.29) is 11.9 Å². The summed E-state index contributed by atoms with van der Waals surface area (Å²) in [5.74, 6) is 1.69. The lowest BCUT2D eigenvalue weighted by molar-refractivity contribution is -0.126. The molecule has 0 aliphatic heterocycles. The number of nitrogens with two attached hydrogens (primary N) is 1. The molecule has 1 aromatic heterocycles. The number of aryl methyl sites for hydroxylation is 2. The molecule has 0 spiro atoms. The van der Waals surface area contributed by atoms with E-state index in [9.17, 15) is 4.79 Å². The van der Waals surface area contributed by atoms with Gasteiger partial charge in [0.2, 0.25) is 5.91 Å². The van der Waals surface area contributed by atoms with Gasteiger partial charge in [-0.1, -0.05) is 12.8 Å². The van der Waals surface area contributed by atoms with Gasteiger partial charge in [-0.15, -0.1) is 0 Å². The van der Waals surface area contributed by atoms with E-state index < -0.39 is 5.54 Å². The molecule has 0 aromatic carbocycles. The molecule has 1 unspecified atom stereocenters. The van der Waals surface area contributed by atoms with Crippen molar-refractivity contribution in [2.75, 3.05) is 0 Å². The average Bonchev–Trinajstić information content (AvgIpc) is 2.86. The van der Waals surface area contributed by atoms with Crippen LogP contribution in [0.4, 0.5) is 0 Å². The van der Waals surface area contributed by atoms with Gasteiger partial charge in [-0.3, -0.25) is 4.79 Å². The van der Waals surface area contributed by atoms with Gasteiger partial charge in [-0.25, -0.2) is 0 Å². The lowest BCUT2D eigenvalue weighted by Gasteiger charge is -2.25. The van der Waals surface area contributed by atoms with Gasteiger partial charge in [0.1, 0.15) is 11.5 Å². The molecule has 100 valence electrons. The van der Waals surface area contributed by atoms with E-state index in [1.54, 1.807) is 0 Å².